The van der Waals surface area contributed by atoms with E-state index in [0.717, 1.165) is 24.9 Å². The van der Waals surface area contributed by atoms with E-state index in [1.54, 1.807) is 13.8 Å². The van der Waals surface area contributed by atoms with Crippen molar-refractivity contribution in [2.24, 2.45) is 5.73 Å². The third kappa shape index (κ3) is 6.37. The number of unbranched alkanes of at least 4 members (excludes halogenated alkanes) is 1. The molecule has 1 amide bonds. The normalized spacial score (nSPS) is 20.5. The number of nitrogens with two attached hydrogens (primary N) is 1. The largest absolute Gasteiger partial charge is 0.328 e. The van der Waals surface area contributed by atoms with Crippen LogP contribution in [0.2, 0.25) is 0 Å². The molecule has 1 aromatic rings. The topological polar surface area (TPSA) is 101 Å². The average molecular weight is 382 g/mol. The molecule has 0 radical (unpaired) electrons. The monoisotopic (exact) mass is 381 g/mol. The van der Waals surface area contributed by atoms with Crippen molar-refractivity contribution in [3.8, 4) is 0 Å². The first-order valence-corrected chi connectivity index (χ1v) is 11.0. The lowest BCUT2D eigenvalue weighted by Crippen LogP contribution is -2.31. The van der Waals surface area contributed by atoms with Crippen LogP contribution in [0.25, 0.3) is 0 Å². The predicted octanol–water partition coefficient (Wildman–Crippen LogP) is 2.72. The maximum Gasteiger partial charge on any atom is 0.224 e. The molecule has 7 heteroatoms. The van der Waals surface area contributed by atoms with Gasteiger partial charge in [-0.1, -0.05) is 12.1 Å². The number of carbonyl (C=O) groups is 1. The van der Waals surface area contributed by atoms with Crippen LogP contribution in [-0.4, -0.2) is 32.2 Å². The van der Waals surface area contributed by atoms with Gasteiger partial charge in [-0.05, 0) is 69.6 Å². The van der Waals surface area contributed by atoms with Crippen LogP contribution in [0.4, 0.5) is 5.69 Å². The molecule has 0 aromatic heterocycles. The Morgan fingerprint density at radius 1 is 1.19 bits per heavy atom. The van der Waals surface area contributed by atoms with Crippen LogP contribution in [0.15, 0.2) is 24.3 Å². The van der Waals surface area contributed by atoms with Crippen LogP contribution in [0.1, 0.15) is 63.9 Å². The van der Waals surface area contributed by atoms with Gasteiger partial charge in [-0.25, -0.2) is 13.1 Å². The Hall–Kier alpha value is -1.44. The SMILES string of the molecule is CC(C)S(=O)(=O)NCCCCC(=O)Nc1ccc(C2CCC(N)C2)cc1. The molecule has 2 unspecified atom stereocenters. The molecule has 4 N–H and O–H groups in total. The van der Waals surface area contributed by atoms with Gasteiger partial charge in [0.25, 0.3) is 0 Å². The first-order valence-electron chi connectivity index (χ1n) is 9.42. The molecule has 0 saturated heterocycles. The summed E-state index contributed by atoms with van der Waals surface area (Å²) in [5, 5.41) is 2.46. The van der Waals surface area contributed by atoms with Crippen LogP contribution in [0.5, 0.6) is 0 Å². The van der Waals surface area contributed by atoms with Gasteiger partial charge >= 0.3 is 0 Å². The van der Waals surface area contributed by atoms with Gasteiger partial charge in [0.2, 0.25) is 15.9 Å². The summed E-state index contributed by atoms with van der Waals surface area (Å²) in [6.45, 7) is 3.65. The number of amides is 1. The van der Waals surface area contributed by atoms with Gasteiger partial charge < -0.3 is 11.1 Å². The maximum atomic E-state index is 12.0. The van der Waals surface area contributed by atoms with Crippen LogP contribution in [-0.2, 0) is 14.8 Å². The molecule has 0 spiro atoms. The molecule has 0 bridgehead atoms. The Kier molecular flexibility index (Phi) is 7.61. The molecule has 1 aromatic carbocycles. The van der Waals surface area contributed by atoms with E-state index in [9.17, 15) is 13.2 Å². The number of benzene rings is 1. The van der Waals surface area contributed by atoms with E-state index in [1.165, 1.54) is 5.56 Å². The molecule has 1 saturated carbocycles. The lowest BCUT2D eigenvalue weighted by Gasteiger charge is -2.12. The van der Waals surface area contributed by atoms with Crippen LogP contribution in [0.3, 0.4) is 0 Å². The number of sulfonamides is 1. The standard InChI is InChI=1S/C19H31N3O3S/c1-14(2)26(24,25)21-12-4-3-5-19(23)22-18-10-7-15(8-11-18)16-6-9-17(20)13-16/h7-8,10-11,14,16-17,21H,3-6,9,12-13,20H2,1-2H3,(H,22,23). The Labute approximate surface area is 157 Å². The molecule has 26 heavy (non-hydrogen) atoms. The zero-order valence-electron chi connectivity index (χ0n) is 15.7. The molecular formula is C19H31N3O3S. The van der Waals surface area contributed by atoms with Crippen molar-refractivity contribution in [1.82, 2.24) is 4.72 Å². The van der Waals surface area contributed by atoms with E-state index in [4.69, 9.17) is 5.73 Å². The summed E-state index contributed by atoms with van der Waals surface area (Å²) in [4.78, 5) is 12.0. The number of rotatable bonds is 9. The second-order valence-corrected chi connectivity index (χ2v) is 9.71. The smallest absolute Gasteiger partial charge is 0.224 e. The van der Waals surface area contributed by atoms with Gasteiger partial charge in [0.1, 0.15) is 0 Å². The van der Waals surface area contributed by atoms with Crippen molar-refractivity contribution in [1.29, 1.82) is 0 Å². The maximum absolute atomic E-state index is 12.0. The fraction of sp³-hybridized carbons (Fsp3) is 0.632. The Morgan fingerprint density at radius 3 is 2.46 bits per heavy atom. The molecule has 1 aliphatic carbocycles. The zero-order valence-corrected chi connectivity index (χ0v) is 16.5. The fourth-order valence-electron chi connectivity index (χ4n) is 3.17. The molecule has 1 fully saturated rings. The van der Waals surface area contributed by atoms with Gasteiger partial charge in [-0.2, -0.15) is 0 Å². The second kappa shape index (κ2) is 9.48. The summed E-state index contributed by atoms with van der Waals surface area (Å²) in [6, 6.07) is 8.32. The van der Waals surface area contributed by atoms with Crippen LogP contribution < -0.4 is 15.8 Å². The Morgan fingerprint density at radius 2 is 1.88 bits per heavy atom. The minimum Gasteiger partial charge on any atom is -0.328 e. The molecule has 2 rings (SSSR count). The average Bonchev–Trinajstić information content (AvgIpc) is 3.01. The number of carbonyl (C=O) groups excluding carboxylic acids is 1. The molecule has 0 heterocycles. The highest BCUT2D eigenvalue weighted by molar-refractivity contribution is 7.90. The lowest BCUT2D eigenvalue weighted by molar-refractivity contribution is -0.116. The van der Waals surface area contributed by atoms with Crippen molar-refractivity contribution in [3.05, 3.63) is 29.8 Å². The quantitative estimate of drug-likeness (QED) is 0.572. The highest BCUT2D eigenvalue weighted by Gasteiger charge is 2.22. The summed E-state index contributed by atoms with van der Waals surface area (Å²) in [6.07, 6.45) is 4.91. The van der Waals surface area contributed by atoms with E-state index in [1.807, 2.05) is 12.1 Å². The van der Waals surface area contributed by atoms with E-state index >= 15 is 0 Å². The Bertz CT molecular complexity index is 686. The minimum absolute atomic E-state index is 0.0487. The highest BCUT2D eigenvalue weighted by Crippen LogP contribution is 2.33. The third-order valence-corrected chi connectivity index (χ3v) is 6.74. The van der Waals surface area contributed by atoms with Crippen molar-refractivity contribution < 1.29 is 13.2 Å². The molecule has 2 atom stereocenters. The molecule has 146 valence electrons. The van der Waals surface area contributed by atoms with Crippen LogP contribution >= 0.6 is 0 Å². The Balaban J connectivity index is 1.68. The van der Waals surface area contributed by atoms with Gasteiger partial charge in [0.15, 0.2) is 0 Å². The zero-order chi connectivity index (χ0) is 19.2. The minimum atomic E-state index is -3.22. The number of hydrogen-bond donors (Lipinski definition) is 3. The summed E-state index contributed by atoms with van der Waals surface area (Å²) < 4.78 is 25.8. The molecular weight excluding hydrogens is 350 g/mol. The molecule has 0 aliphatic heterocycles. The van der Waals surface area contributed by atoms with Crippen molar-refractivity contribution in [2.45, 2.75) is 69.6 Å². The second-order valence-electron chi connectivity index (χ2n) is 7.39. The van der Waals surface area contributed by atoms with Crippen molar-refractivity contribution >= 4 is 21.6 Å². The first kappa shape index (κ1) is 20.9. The van der Waals surface area contributed by atoms with Crippen molar-refractivity contribution in [2.75, 3.05) is 11.9 Å². The number of hydrogen-bond acceptors (Lipinski definition) is 4. The van der Waals surface area contributed by atoms with E-state index in [0.29, 0.717) is 37.8 Å². The van der Waals surface area contributed by atoms with Gasteiger partial charge in [-0.15, -0.1) is 0 Å². The lowest BCUT2D eigenvalue weighted by atomic mass is 9.97. The van der Waals surface area contributed by atoms with Gasteiger partial charge in [0.05, 0.1) is 5.25 Å². The van der Waals surface area contributed by atoms with Gasteiger partial charge in [-0.3, -0.25) is 4.79 Å². The third-order valence-electron chi connectivity index (χ3n) is 4.89. The molecule has 6 nitrogen and oxygen atoms in total. The van der Waals surface area contributed by atoms with Crippen molar-refractivity contribution in [3.63, 3.8) is 0 Å². The number of anilines is 1. The number of nitrogens with one attached hydrogen (secondary N) is 2. The summed E-state index contributed by atoms with van der Waals surface area (Å²) in [5.74, 6) is 0.483. The van der Waals surface area contributed by atoms with E-state index < -0.39 is 15.3 Å². The first-order chi connectivity index (χ1) is 12.3. The van der Waals surface area contributed by atoms with E-state index in [2.05, 4.69) is 22.2 Å². The predicted molar refractivity (Wildman–Crippen MR) is 106 cm³/mol. The summed E-state index contributed by atoms with van der Waals surface area (Å²) in [5.41, 5.74) is 8.05. The van der Waals surface area contributed by atoms with E-state index in [-0.39, 0.29) is 5.91 Å². The fourth-order valence-corrected chi connectivity index (χ4v) is 3.94. The highest BCUT2D eigenvalue weighted by atomic mass is 32.2. The summed E-state index contributed by atoms with van der Waals surface area (Å²) in [7, 11) is -3.22. The molecule has 1 aliphatic rings. The van der Waals surface area contributed by atoms with Gasteiger partial charge in [0, 0.05) is 24.7 Å². The summed E-state index contributed by atoms with van der Waals surface area (Å²) >= 11 is 0. The van der Waals surface area contributed by atoms with Crippen LogP contribution in [0, 0.1) is 0 Å².